The molecule has 7 nitrogen and oxygen atoms in total. The van der Waals surface area contributed by atoms with Crippen molar-refractivity contribution in [2.24, 2.45) is 0 Å². The van der Waals surface area contributed by atoms with E-state index in [1.54, 1.807) is 7.11 Å². The Bertz CT molecular complexity index is 994. The average Bonchev–Trinajstić information content (AvgIpc) is 3.20. The van der Waals surface area contributed by atoms with E-state index >= 15 is 0 Å². The lowest BCUT2D eigenvalue weighted by Crippen LogP contribution is -2.30. The highest BCUT2D eigenvalue weighted by atomic mass is 32.1. The number of hydrogen-bond donors (Lipinski definition) is 2. The van der Waals surface area contributed by atoms with Crippen molar-refractivity contribution in [2.45, 2.75) is 12.8 Å². The number of methoxy groups -OCH3 is 1. The first-order valence-corrected chi connectivity index (χ1v) is 10.1. The highest BCUT2D eigenvalue weighted by Gasteiger charge is 2.09. The molecule has 0 aliphatic rings. The van der Waals surface area contributed by atoms with Gasteiger partial charge in [0.2, 0.25) is 5.13 Å². The van der Waals surface area contributed by atoms with Crippen LogP contribution in [0.2, 0.25) is 0 Å². The number of carbonyl (C=O) groups is 1. The van der Waals surface area contributed by atoms with E-state index in [2.05, 4.69) is 26.8 Å². The maximum Gasteiger partial charge on any atom is 0.321 e. The van der Waals surface area contributed by atoms with E-state index < -0.39 is 0 Å². The van der Waals surface area contributed by atoms with Gasteiger partial charge in [0, 0.05) is 13.0 Å². The van der Waals surface area contributed by atoms with Crippen LogP contribution in [0.5, 0.6) is 11.5 Å². The van der Waals surface area contributed by atoms with Gasteiger partial charge in [0.15, 0.2) is 0 Å². The fraction of sp³-hybridized carbons (Fsp3) is 0.227. The van der Waals surface area contributed by atoms with Gasteiger partial charge in [0.05, 0.1) is 7.11 Å². The molecule has 0 saturated carbocycles. The van der Waals surface area contributed by atoms with Crippen LogP contribution in [0.3, 0.4) is 0 Å². The summed E-state index contributed by atoms with van der Waals surface area (Å²) in [5, 5.41) is 15.0. The van der Waals surface area contributed by atoms with Crippen LogP contribution in [0, 0.1) is 12.3 Å². The molecule has 154 valence electrons. The molecule has 3 aromatic rings. The van der Waals surface area contributed by atoms with Crippen molar-refractivity contribution >= 4 is 22.5 Å². The summed E-state index contributed by atoms with van der Waals surface area (Å²) in [4.78, 5) is 12.1. The molecule has 2 aromatic carbocycles. The number of carbonyl (C=O) groups excluding carboxylic acids is 1. The monoisotopic (exact) mass is 422 g/mol. The summed E-state index contributed by atoms with van der Waals surface area (Å²) in [6, 6.07) is 15.1. The van der Waals surface area contributed by atoms with Gasteiger partial charge in [0.25, 0.3) is 0 Å². The number of nitrogens with one attached hydrogen (secondary N) is 2. The van der Waals surface area contributed by atoms with Crippen LogP contribution in [0.15, 0.2) is 48.5 Å². The lowest BCUT2D eigenvalue weighted by molar-refractivity contribution is 0.252. The molecule has 1 heterocycles. The molecule has 0 spiro atoms. The Morgan fingerprint density at radius 2 is 1.77 bits per heavy atom. The Morgan fingerprint density at radius 3 is 2.47 bits per heavy atom. The molecule has 0 radical (unpaired) electrons. The second-order valence-corrected chi connectivity index (χ2v) is 7.36. The van der Waals surface area contributed by atoms with Crippen LogP contribution in [0.4, 0.5) is 9.93 Å². The topological polar surface area (TPSA) is 85.4 Å². The molecular weight excluding hydrogens is 400 g/mol. The van der Waals surface area contributed by atoms with Gasteiger partial charge < -0.3 is 14.8 Å². The third-order valence-electron chi connectivity index (χ3n) is 4.15. The zero-order valence-corrected chi connectivity index (χ0v) is 17.4. The molecule has 8 heteroatoms. The molecule has 2 N–H and O–H groups in total. The smallest absolute Gasteiger partial charge is 0.321 e. The van der Waals surface area contributed by atoms with Gasteiger partial charge in [-0.1, -0.05) is 41.5 Å². The Labute approximate surface area is 179 Å². The van der Waals surface area contributed by atoms with Crippen molar-refractivity contribution in [3.63, 3.8) is 0 Å². The summed E-state index contributed by atoms with van der Waals surface area (Å²) < 4.78 is 10.5. The highest BCUT2D eigenvalue weighted by Crippen LogP contribution is 2.20. The Morgan fingerprint density at radius 1 is 1.07 bits per heavy atom. The molecule has 1 aromatic heterocycles. The van der Waals surface area contributed by atoms with Crippen LogP contribution >= 0.6 is 11.3 Å². The van der Waals surface area contributed by atoms with Crippen molar-refractivity contribution in [1.29, 1.82) is 0 Å². The first kappa shape index (κ1) is 21.1. The molecule has 0 unspecified atom stereocenters. The van der Waals surface area contributed by atoms with Crippen molar-refractivity contribution in [1.82, 2.24) is 15.5 Å². The molecule has 30 heavy (non-hydrogen) atoms. The minimum Gasteiger partial charge on any atom is -0.497 e. The van der Waals surface area contributed by atoms with Gasteiger partial charge in [0.1, 0.15) is 23.1 Å². The number of rotatable bonds is 9. The van der Waals surface area contributed by atoms with Crippen molar-refractivity contribution in [2.75, 3.05) is 25.6 Å². The first-order chi connectivity index (χ1) is 14.7. The van der Waals surface area contributed by atoms with Gasteiger partial charge in [-0.25, -0.2) is 4.79 Å². The van der Waals surface area contributed by atoms with Crippen molar-refractivity contribution in [3.05, 3.63) is 64.7 Å². The molecule has 0 aliphatic heterocycles. The maximum absolute atomic E-state index is 12.1. The summed E-state index contributed by atoms with van der Waals surface area (Å²) in [5.74, 6) is 3.96. The van der Waals surface area contributed by atoms with Crippen molar-refractivity contribution in [3.8, 4) is 23.8 Å². The molecule has 0 saturated heterocycles. The largest absolute Gasteiger partial charge is 0.497 e. The molecule has 0 bridgehead atoms. The first-order valence-electron chi connectivity index (χ1n) is 9.31. The van der Waals surface area contributed by atoms with Crippen LogP contribution in [-0.2, 0) is 12.8 Å². The Kier molecular flexibility index (Phi) is 7.64. The number of amides is 2. The predicted molar refractivity (Wildman–Crippen MR) is 117 cm³/mol. The molecule has 0 aliphatic carbocycles. The standard InChI is InChI=1S/C22H22N4O3S/c1-3-14-29-19-10-4-16(5-11-19)12-13-23-21(27)24-22-26-25-20(30-22)15-17-6-8-18(28-2)9-7-17/h1,4-11H,12-15H2,2H3,(H2,23,24,26,27). The summed E-state index contributed by atoms with van der Waals surface area (Å²) in [5.41, 5.74) is 2.18. The van der Waals surface area contributed by atoms with Crippen LogP contribution < -0.4 is 20.1 Å². The third-order valence-corrected chi connectivity index (χ3v) is 4.99. The second kappa shape index (κ2) is 10.8. The quantitative estimate of drug-likeness (QED) is 0.516. The van der Waals surface area contributed by atoms with Gasteiger partial charge >= 0.3 is 6.03 Å². The van der Waals surface area contributed by atoms with Gasteiger partial charge in [-0.05, 0) is 41.8 Å². The van der Waals surface area contributed by atoms with E-state index in [9.17, 15) is 4.79 Å². The SMILES string of the molecule is C#CCOc1ccc(CCNC(=O)Nc2nnc(Cc3ccc(OC)cc3)s2)cc1. The van der Waals surface area contributed by atoms with Gasteiger partial charge in [-0.15, -0.1) is 16.6 Å². The lowest BCUT2D eigenvalue weighted by Gasteiger charge is -2.06. The van der Waals surface area contributed by atoms with Crippen molar-refractivity contribution < 1.29 is 14.3 Å². The summed E-state index contributed by atoms with van der Waals surface area (Å²) in [7, 11) is 1.63. The fourth-order valence-corrected chi connectivity index (χ4v) is 3.40. The zero-order chi connectivity index (χ0) is 21.2. The fourth-order valence-electron chi connectivity index (χ4n) is 2.63. The lowest BCUT2D eigenvalue weighted by atomic mass is 10.1. The van der Waals surface area contributed by atoms with Crippen LogP contribution in [0.1, 0.15) is 16.1 Å². The maximum atomic E-state index is 12.1. The van der Waals surface area contributed by atoms with Crippen LogP contribution in [-0.4, -0.2) is 36.5 Å². The molecule has 3 rings (SSSR count). The van der Waals surface area contributed by atoms with Crippen LogP contribution in [0.25, 0.3) is 0 Å². The van der Waals surface area contributed by atoms with E-state index in [0.29, 0.717) is 24.5 Å². The minimum atomic E-state index is -0.309. The number of urea groups is 1. The number of aromatic nitrogens is 2. The Balaban J connectivity index is 1.41. The highest BCUT2D eigenvalue weighted by molar-refractivity contribution is 7.15. The van der Waals surface area contributed by atoms with E-state index in [0.717, 1.165) is 27.6 Å². The summed E-state index contributed by atoms with van der Waals surface area (Å²) >= 11 is 1.35. The minimum absolute atomic E-state index is 0.245. The zero-order valence-electron chi connectivity index (χ0n) is 16.6. The number of ether oxygens (including phenoxy) is 2. The second-order valence-electron chi connectivity index (χ2n) is 6.29. The third kappa shape index (κ3) is 6.50. The van der Waals surface area contributed by atoms with E-state index in [1.165, 1.54) is 11.3 Å². The average molecular weight is 423 g/mol. The number of nitrogens with zero attached hydrogens (tertiary/aromatic N) is 2. The molecular formula is C22H22N4O3S. The molecule has 0 atom stereocenters. The normalized spacial score (nSPS) is 10.1. The summed E-state index contributed by atoms with van der Waals surface area (Å²) in [6.07, 6.45) is 6.51. The summed E-state index contributed by atoms with van der Waals surface area (Å²) in [6.45, 7) is 0.738. The van der Waals surface area contributed by atoms with Gasteiger partial charge in [-0.2, -0.15) is 0 Å². The number of benzene rings is 2. The van der Waals surface area contributed by atoms with E-state index in [-0.39, 0.29) is 12.6 Å². The Hall–Kier alpha value is -3.57. The van der Waals surface area contributed by atoms with Gasteiger partial charge in [-0.3, -0.25) is 5.32 Å². The predicted octanol–water partition coefficient (Wildman–Crippen LogP) is 3.51. The van der Waals surface area contributed by atoms with E-state index in [4.69, 9.17) is 15.9 Å². The number of anilines is 1. The number of terminal acetylenes is 1. The molecule has 0 fully saturated rings. The van der Waals surface area contributed by atoms with E-state index in [1.807, 2.05) is 48.5 Å². The number of hydrogen-bond acceptors (Lipinski definition) is 6. The molecule has 2 amide bonds.